The summed E-state index contributed by atoms with van der Waals surface area (Å²) in [5.74, 6) is -3.26. The summed E-state index contributed by atoms with van der Waals surface area (Å²) in [7, 11) is 1.52. The molecule has 0 saturated heterocycles. The lowest BCUT2D eigenvalue weighted by molar-refractivity contribution is -0.164. The molecule has 1 atom stereocenters. The predicted molar refractivity (Wildman–Crippen MR) is 142 cm³/mol. The fourth-order valence-corrected chi connectivity index (χ4v) is 4.77. The number of ether oxygens (including phenoxy) is 1. The average molecular weight is 560 g/mol. The van der Waals surface area contributed by atoms with Gasteiger partial charge in [-0.05, 0) is 53.4 Å². The fourth-order valence-electron chi connectivity index (χ4n) is 4.77. The molecule has 212 valence electrons. The number of hydrogen-bond donors (Lipinski definition) is 1. The van der Waals surface area contributed by atoms with Crippen molar-refractivity contribution in [1.82, 2.24) is 10.2 Å². The quantitative estimate of drug-likeness (QED) is 0.242. The Labute approximate surface area is 229 Å². The van der Waals surface area contributed by atoms with Gasteiger partial charge in [-0.15, -0.1) is 0 Å². The Balaban J connectivity index is 1.64. The van der Waals surface area contributed by atoms with Gasteiger partial charge in [0.05, 0.1) is 7.11 Å². The second-order valence-corrected chi connectivity index (χ2v) is 9.86. The Kier molecular flexibility index (Phi) is 8.96. The number of alkyl halides is 4. The van der Waals surface area contributed by atoms with Gasteiger partial charge in [-0.2, -0.15) is 0 Å². The summed E-state index contributed by atoms with van der Waals surface area (Å²) in [6, 6.07) is 16.3. The molecule has 2 amide bonds. The zero-order chi connectivity index (χ0) is 28.9. The van der Waals surface area contributed by atoms with E-state index < -0.39 is 49.1 Å². The van der Waals surface area contributed by atoms with E-state index in [9.17, 15) is 27.2 Å². The first-order valence-electron chi connectivity index (χ1n) is 12.8. The molecule has 10 heteroatoms. The number of methoxy groups -OCH3 is 1. The molecule has 3 N–H and O–H groups in total. The summed E-state index contributed by atoms with van der Waals surface area (Å²) in [6.07, 6.45) is -3.89. The van der Waals surface area contributed by atoms with Gasteiger partial charge in [-0.1, -0.05) is 30.3 Å². The minimum absolute atomic E-state index is 0.0657. The Morgan fingerprint density at radius 2 is 1.62 bits per heavy atom. The van der Waals surface area contributed by atoms with Crippen LogP contribution in [0.4, 0.5) is 17.6 Å². The van der Waals surface area contributed by atoms with Crippen LogP contribution < -0.4 is 10.1 Å². The van der Waals surface area contributed by atoms with E-state index in [0.29, 0.717) is 11.5 Å². The van der Waals surface area contributed by atoms with Gasteiger partial charge in [0.2, 0.25) is 11.8 Å². The normalized spacial score (nSPS) is 15.2. The zero-order valence-electron chi connectivity index (χ0n) is 21.9. The van der Waals surface area contributed by atoms with Gasteiger partial charge < -0.3 is 20.1 Å². The van der Waals surface area contributed by atoms with Gasteiger partial charge >= 0.3 is 0 Å². The van der Waals surface area contributed by atoms with Crippen LogP contribution in [-0.2, 0) is 22.6 Å². The predicted octanol–water partition coefficient (Wildman–Crippen LogP) is 5.69. The number of carbonyl (C=O) groups excluding carboxylic acids is 2. The van der Waals surface area contributed by atoms with E-state index in [2.05, 4.69) is 5.32 Å². The average Bonchev–Trinajstić information content (AvgIpc) is 2.93. The van der Waals surface area contributed by atoms with E-state index in [4.69, 9.17) is 9.84 Å². The van der Waals surface area contributed by atoms with Crippen molar-refractivity contribution in [3.8, 4) is 11.5 Å². The molecule has 1 unspecified atom stereocenters. The summed E-state index contributed by atoms with van der Waals surface area (Å²) >= 11 is 0. The maximum absolute atomic E-state index is 14.0. The summed E-state index contributed by atoms with van der Waals surface area (Å²) < 4.78 is 60.3. The van der Waals surface area contributed by atoms with Gasteiger partial charge in [-0.3, -0.25) is 9.59 Å². The molecule has 6 nitrogen and oxygen atoms in total. The molecule has 1 fully saturated rings. The zero-order valence-corrected chi connectivity index (χ0v) is 21.9. The van der Waals surface area contributed by atoms with E-state index in [1.54, 1.807) is 48.5 Å². The Bertz CT molecular complexity index is 1310. The van der Waals surface area contributed by atoms with E-state index >= 15 is 0 Å². The number of rotatable bonds is 11. The number of aryl methyl sites for hydroxylation is 1. The first-order valence-corrected chi connectivity index (χ1v) is 12.8. The van der Waals surface area contributed by atoms with Crippen molar-refractivity contribution in [1.29, 1.82) is 0 Å². The van der Waals surface area contributed by atoms with E-state index in [1.165, 1.54) is 25.3 Å². The summed E-state index contributed by atoms with van der Waals surface area (Å²) in [5, 5.41) is 10.4. The number of amides is 2. The summed E-state index contributed by atoms with van der Waals surface area (Å²) in [5.41, 5.74) is 1.27. The van der Waals surface area contributed by atoms with Crippen LogP contribution in [-0.4, -0.2) is 40.9 Å². The summed E-state index contributed by atoms with van der Waals surface area (Å²) in [4.78, 5) is 28.4. The molecule has 0 aliphatic heterocycles. The SMILES string of the molecule is COc1ccc(CNC(=O)C(c2cccc(C(F)F)c2)N(C(=O)CCc2ccc([OH2+])cc2)C2CC(F)(F)C2)cc1. The molecule has 0 heterocycles. The lowest BCUT2D eigenvalue weighted by Crippen LogP contribution is -2.56. The Morgan fingerprint density at radius 3 is 2.23 bits per heavy atom. The van der Waals surface area contributed by atoms with Crippen molar-refractivity contribution in [2.75, 3.05) is 7.11 Å². The van der Waals surface area contributed by atoms with Crippen LogP contribution in [0.25, 0.3) is 0 Å². The first kappa shape index (κ1) is 28.9. The third kappa shape index (κ3) is 7.11. The largest absolute Gasteiger partial charge is 0.593 e. The monoisotopic (exact) mass is 559 g/mol. The molecule has 3 aromatic carbocycles. The first-order chi connectivity index (χ1) is 19.1. The fraction of sp³-hybridized carbons (Fsp3) is 0.333. The van der Waals surface area contributed by atoms with E-state index in [-0.39, 0.29) is 30.5 Å². The van der Waals surface area contributed by atoms with Crippen molar-refractivity contribution in [3.05, 3.63) is 95.1 Å². The topological polar surface area (TPSA) is 81.5 Å². The number of benzene rings is 3. The number of nitrogens with zero attached hydrogens (tertiary/aromatic N) is 1. The molecule has 4 rings (SSSR count). The van der Waals surface area contributed by atoms with Crippen molar-refractivity contribution in [3.63, 3.8) is 0 Å². The summed E-state index contributed by atoms with van der Waals surface area (Å²) in [6.45, 7) is 0.0657. The number of nitrogens with one attached hydrogen (secondary N) is 1. The van der Waals surface area contributed by atoms with Crippen LogP contribution >= 0.6 is 0 Å². The van der Waals surface area contributed by atoms with Crippen molar-refractivity contribution in [2.24, 2.45) is 0 Å². The minimum Gasteiger partial charge on any atom is -0.593 e. The molecule has 0 radical (unpaired) electrons. The van der Waals surface area contributed by atoms with Gasteiger partial charge in [-0.25, -0.2) is 17.6 Å². The molecule has 40 heavy (non-hydrogen) atoms. The van der Waals surface area contributed by atoms with Crippen LogP contribution in [0, 0.1) is 0 Å². The van der Waals surface area contributed by atoms with Gasteiger partial charge in [0.1, 0.15) is 11.8 Å². The van der Waals surface area contributed by atoms with Gasteiger partial charge in [0.15, 0.2) is 0 Å². The minimum atomic E-state index is -2.98. The maximum Gasteiger partial charge on any atom is 0.263 e. The maximum atomic E-state index is 14.0. The third-order valence-electron chi connectivity index (χ3n) is 6.96. The standard InChI is InChI=1S/C30H30F4N2O4/c1-40-25-12-7-20(8-13-25)18-35-29(39)27(21-3-2-4-22(15-21)28(31)32)36(23-16-30(33,34)17-23)26(38)14-9-19-5-10-24(37)11-6-19/h2-8,10-13,15,23,27-28,37H,9,14,16-18H2,1H3,(H,35,39)/p+1. The molecule has 1 aliphatic carbocycles. The smallest absolute Gasteiger partial charge is 0.263 e. The van der Waals surface area contributed by atoms with Crippen molar-refractivity contribution in [2.45, 2.75) is 56.7 Å². The number of hydrogen-bond acceptors (Lipinski definition) is 3. The molecular weight excluding hydrogens is 528 g/mol. The molecule has 0 spiro atoms. The highest BCUT2D eigenvalue weighted by atomic mass is 19.3. The van der Waals surface area contributed by atoms with E-state index in [0.717, 1.165) is 22.1 Å². The van der Waals surface area contributed by atoms with Crippen molar-refractivity contribution >= 4 is 11.8 Å². The Hall–Kier alpha value is -4.08. The van der Waals surface area contributed by atoms with Crippen molar-refractivity contribution < 1.29 is 37.0 Å². The van der Waals surface area contributed by atoms with Crippen LogP contribution in [0.2, 0.25) is 0 Å². The molecule has 1 aliphatic rings. The molecule has 3 aromatic rings. The highest BCUT2D eigenvalue weighted by Gasteiger charge is 2.51. The van der Waals surface area contributed by atoms with Crippen LogP contribution in [0.5, 0.6) is 11.5 Å². The lowest BCUT2D eigenvalue weighted by atomic mass is 9.84. The highest BCUT2D eigenvalue weighted by Crippen LogP contribution is 2.44. The molecular formula is C30H31F4N2O4+. The van der Waals surface area contributed by atoms with E-state index in [1.807, 2.05) is 0 Å². The molecule has 1 saturated carbocycles. The van der Waals surface area contributed by atoms with Gasteiger partial charge in [0, 0.05) is 49.5 Å². The highest BCUT2D eigenvalue weighted by molar-refractivity contribution is 5.89. The van der Waals surface area contributed by atoms with Crippen LogP contribution in [0.1, 0.15) is 54.0 Å². The third-order valence-corrected chi connectivity index (χ3v) is 6.96. The van der Waals surface area contributed by atoms with Crippen LogP contribution in [0.15, 0.2) is 72.8 Å². The Morgan fingerprint density at radius 1 is 1.00 bits per heavy atom. The molecule has 0 bridgehead atoms. The van der Waals surface area contributed by atoms with Crippen LogP contribution in [0.3, 0.4) is 0 Å². The lowest BCUT2D eigenvalue weighted by Gasteiger charge is -2.45. The second kappa shape index (κ2) is 12.4. The van der Waals surface area contributed by atoms with Gasteiger partial charge in [0.25, 0.3) is 18.1 Å². The number of carbonyl (C=O) groups is 2. The molecule has 0 aromatic heterocycles. The second-order valence-electron chi connectivity index (χ2n) is 9.86. The number of halogens is 4.